The molecule has 0 atom stereocenters. The molecule has 0 aliphatic rings. The molecule has 0 fully saturated rings. The smallest absolute Gasteiger partial charge is 0.339 e. The fourth-order valence-electron chi connectivity index (χ4n) is 0.991. The molecule has 0 radical (unpaired) electrons. The minimum Gasteiger partial charge on any atom is -0.478 e. The number of carboxylic acids is 1. The number of nitrogens with one attached hydrogen (secondary N) is 1. The normalized spacial score (nSPS) is 9.67. The Morgan fingerprint density at radius 1 is 1.60 bits per heavy atom. The maximum absolute atomic E-state index is 11.1. The predicted molar refractivity (Wildman–Crippen MR) is 51.7 cm³/mol. The van der Waals surface area contributed by atoms with E-state index in [1.807, 2.05) is 0 Å². The summed E-state index contributed by atoms with van der Waals surface area (Å²) in [5.74, 6) is -1.55. The standard InChI is InChI=1S/C9H10N2O4/c1-15-5-8(12)11-7-2-3-10-4-6(7)9(13)14/h2-4H,5H2,1H3,(H,13,14)(H,10,11,12). The molecular weight excluding hydrogens is 200 g/mol. The highest BCUT2D eigenvalue weighted by Gasteiger charge is 2.11. The van der Waals surface area contributed by atoms with Crippen LogP contribution in [0.5, 0.6) is 0 Å². The van der Waals surface area contributed by atoms with Crippen molar-refractivity contribution in [2.24, 2.45) is 0 Å². The molecule has 15 heavy (non-hydrogen) atoms. The van der Waals surface area contributed by atoms with Gasteiger partial charge >= 0.3 is 5.97 Å². The van der Waals surface area contributed by atoms with Crippen LogP contribution in [-0.4, -0.2) is 35.7 Å². The number of hydrogen-bond donors (Lipinski definition) is 2. The highest BCUT2D eigenvalue weighted by atomic mass is 16.5. The average molecular weight is 210 g/mol. The van der Waals surface area contributed by atoms with Crippen LogP contribution >= 0.6 is 0 Å². The second-order valence-corrected chi connectivity index (χ2v) is 2.71. The van der Waals surface area contributed by atoms with Crippen molar-refractivity contribution >= 4 is 17.6 Å². The maximum atomic E-state index is 11.1. The van der Waals surface area contributed by atoms with Gasteiger partial charge in [0.2, 0.25) is 5.91 Å². The Morgan fingerprint density at radius 3 is 2.93 bits per heavy atom. The van der Waals surface area contributed by atoms with Gasteiger partial charge in [0.25, 0.3) is 0 Å². The lowest BCUT2D eigenvalue weighted by molar-refractivity contribution is -0.119. The molecule has 1 rings (SSSR count). The van der Waals surface area contributed by atoms with Crippen LogP contribution in [0, 0.1) is 0 Å². The van der Waals surface area contributed by atoms with Gasteiger partial charge < -0.3 is 15.2 Å². The van der Waals surface area contributed by atoms with Gasteiger partial charge in [-0.05, 0) is 6.07 Å². The number of nitrogens with zero attached hydrogens (tertiary/aromatic N) is 1. The van der Waals surface area contributed by atoms with Gasteiger partial charge in [0.1, 0.15) is 12.2 Å². The zero-order valence-electron chi connectivity index (χ0n) is 8.06. The number of anilines is 1. The molecule has 0 saturated heterocycles. The summed E-state index contributed by atoms with van der Waals surface area (Å²) in [5, 5.41) is 11.2. The molecule has 1 heterocycles. The van der Waals surface area contributed by atoms with E-state index in [4.69, 9.17) is 5.11 Å². The lowest BCUT2D eigenvalue weighted by atomic mass is 10.2. The van der Waals surface area contributed by atoms with E-state index >= 15 is 0 Å². The number of rotatable bonds is 4. The third kappa shape index (κ3) is 3.03. The SMILES string of the molecule is COCC(=O)Nc1ccncc1C(=O)O. The van der Waals surface area contributed by atoms with E-state index in [2.05, 4.69) is 15.0 Å². The number of carboxylic acid groups (broad SMARTS) is 1. The third-order valence-electron chi connectivity index (χ3n) is 1.60. The number of methoxy groups -OCH3 is 1. The van der Waals surface area contributed by atoms with Crippen molar-refractivity contribution in [2.45, 2.75) is 0 Å². The highest BCUT2D eigenvalue weighted by Crippen LogP contribution is 2.12. The molecule has 0 aromatic carbocycles. The lowest BCUT2D eigenvalue weighted by Crippen LogP contribution is -2.19. The van der Waals surface area contributed by atoms with Crippen LogP contribution in [-0.2, 0) is 9.53 Å². The van der Waals surface area contributed by atoms with Gasteiger partial charge in [-0.15, -0.1) is 0 Å². The average Bonchev–Trinajstić information content (AvgIpc) is 2.18. The first kappa shape index (κ1) is 11.1. The largest absolute Gasteiger partial charge is 0.478 e. The van der Waals surface area contributed by atoms with Crippen LogP contribution in [0.4, 0.5) is 5.69 Å². The van der Waals surface area contributed by atoms with Crippen molar-refractivity contribution in [1.29, 1.82) is 0 Å². The summed E-state index contributed by atoms with van der Waals surface area (Å²) in [6.07, 6.45) is 2.57. The summed E-state index contributed by atoms with van der Waals surface area (Å²) >= 11 is 0. The second kappa shape index (κ2) is 5.06. The Morgan fingerprint density at radius 2 is 2.33 bits per heavy atom. The summed E-state index contributed by atoms with van der Waals surface area (Å²) < 4.78 is 4.60. The number of aromatic nitrogens is 1. The maximum Gasteiger partial charge on any atom is 0.339 e. The van der Waals surface area contributed by atoms with Gasteiger partial charge in [0.05, 0.1) is 5.69 Å². The molecule has 0 aliphatic carbocycles. The number of hydrogen-bond acceptors (Lipinski definition) is 4. The summed E-state index contributed by atoms with van der Waals surface area (Å²) in [4.78, 5) is 25.5. The van der Waals surface area contributed by atoms with Crippen molar-refractivity contribution in [1.82, 2.24) is 4.98 Å². The van der Waals surface area contributed by atoms with Crippen molar-refractivity contribution in [3.8, 4) is 0 Å². The van der Waals surface area contributed by atoms with Crippen LogP contribution in [0.15, 0.2) is 18.5 Å². The van der Waals surface area contributed by atoms with E-state index in [1.54, 1.807) is 0 Å². The number of ether oxygens (including phenoxy) is 1. The van der Waals surface area contributed by atoms with Gasteiger partial charge in [-0.1, -0.05) is 0 Å². The Hall–Kier alpha value is -1.95. The molecule has 1 aromatic heterocycles. The predicted octanol–water partition coefficient (Wildman–Crippen LogP) is 0.365. The van der Waals surface area contributed by atoms with E-state index in [9.17, 15) is 9.59 Å². The van der Waals surface area contributed by atoms with Crippen LogP contribution < -0.4 is 5.32 Å². The molecule has 1 amide bonds. The van der Waals surface area contributed by atoms with Gasteiger partial charge in [-0.2, -0.15) is 0 Å². The van der Waals surface area contributed by atoms with E-state index in [1.165, 1.54) is 25.6 Å². The molecule has 0 spiro atoms. The van der Waals surface area contributed by atoms with Crippen molar-refractivity contribution in [3.63, 3.8) is 0 Å². The molecule has 0 saturated carbocycles. The molecule has 80 valence electrons. The first-order valence-corrected chi connectivity index (χ1v) is 4.11. The Bertz CT molecular complexity index is 378. The summed E-state index contributed by atoms with van der Waals surface area (Å²) in [6.45, 7) is -0.124. The van der Waals surface area contributed by atoms with Crippen LogP contribution in [0.3, 0.4) is 0 Å². The van der Waals surface area contributed by atoms with Crippen LogP contribution in [0.1, 0.15) is 10.4 Å². The zero-order chi connectivity index (χ0) is 11.3. The molecule has 0 aliphatic heterocycles. The van der Waals surface area contributed by atoms with E-state index in [0.29, 0.717) is 0 Å². The first-order chi connectivity index (χ1) is 7.15. The number of aromatic carboxylic acids is 1. The molecule has 2 N–H and O–H groups in total. The molecule has 1 aromatic rings. The van der Waals surface area contributed by atoms with Crippen LogP contribution in [0.25, 0.3) is 0 Å². The first-order valence-electron chi connectivity index (χ1n) is 4.11. The summed E-state index contributed by atoms with van der Waals surface area (Å²) in [6, 6.07) is 1.41. The highest BCUT2D eigenvalue weighted by molar-refractivity contribution is 6.00. The molecule has 6 nitrogen and oxygen atoms in total. The van der Waals surface area contributed by atoms with E-state index in [-0.39, 0.29) is 17.9 Å². The minimum absolute atomic E-state index is 0.0537. The third-order valence-corrected chi connectivity index (χ3v) is 1.60. The Balaban J connectivity index is 2.84. The van der Waals surface area contributed by atoms with Gasteiger partial charge in [0, 0.05) is 19.5 Å². The molecule has 0 unspecified atom stereocenters. The molecule has 0 bridgehead atoms. The fourth-order valence-corrected chi connectivity index (χ4v) is 0.991. The fraction of sp³-hybridized carbons (Fsp3) is 0.222. The topological polar surface area (TPSA) is 88.5 Å². The van der Waals surface area contributed by atoms with Gasteiger partial charge in [-0.25, -0.2) is 4.79 Å². The molecular formula is C9H10N2O4. The monoisotopic (exact) mass is 210 g/mol. The van der Waals surface area contributed by atoms with Crippen molar-refractivity contribution < 1.29 is 19.4 Å². The van der Waals surface area contributed by atoms with E-state index < -0.39 is 11.9 Å². The Labute approximate surface area is 85.9 Å². The number of pyridine rings is 1. The van der Waals surface area contributed by atoms with Gasteiger partial charge in [0.15, 0.2) is 0 Å². The lowest BCUT2D eigenvalue weighted by Gasteiger charge is -2.06. The number of amides is 1. The quantitative estimate of drug-likeness (QED) is 0.749. The van der Waals surface area contributed by atoms with Crippen LogP contribution in [0.2, 0.25) is 0 Å². The Kier molecular flexibility index (Phi) is 3.75. The summed E-state index contributed by atoms with van der Waals surface area (Å²) in [7, 11) is 1.38. The van der Waals surface area contributed by atoms with Gasteiger partial charge in [-0.3, -0.25) is 9.78 Å². The zero-order valence-corrected chi connectivity index (χ0v) is 8.06. The number of carbonyl (C=O) groups excluding carboxylic acids is 1. The van der Waals surface area contributed by atoms with E-state index in [0.717, 1.165) is 0 Å². The second-order valence-electron chi connectivity index (χ2n) is 2.71. The molecule has 6 heteroatoms. The van der Waals surface area contributed by atoms with Crippen molar-refractivity contribution in [2.75, 3.05) is 19.0 Å². The summed E-state index contributed by atoms with van der Waals surface area (Å²) in [5.41, 5.74) is 0.154. The van der Waals surface area contributed by atoms with Crippen molar-refractivity contribution in [3.05, 3.63) is 24.0 Å². The minimum atomic E-state index is -1.14. The number of carbonyl (C=O) groups is 2.